The van der Waals surface area contributed by atoms with Crippen molar-refractivity contribution in [2.24, 2.45) is 0 Å². The average molecular weight is 453 g/mol. The molecular weight excluding hydrogens is 433 g/mol. The number of rotatable bonds is 7. The molecule has 7 nitrogen and oxygen atoms in total. The van der Waals surface area contributed by atoms with Gasteiger partial charge < -0.3 is 14.8 Å². The number of nitrogens with one attached hydrogen (secondary N) is 1. The molecule has 9 heteroatoms. The molecule has 0 aliphatic rings. The molecule has 0 bridgehead atoms. The number of aromatic nitrogens is 2. The van der Waals surface area contributed by atoms with Gasteiger partial charge in [-0.15, -0.1) is 11.3 Å². The summed E-state index contributed by atoms with van der Waals surface area (Å²) in [6.45, 7) is 3.42. The molecule has 0 saturated heterocycles. The second kappa shape index (κ2) is 9.19. The summed E-state index contributed by atoms with van der Waals surface area (Å²) in [4.78, 5) is 29.8. The average Bonchev–Trinajstić information content (AvgIpc) is 3.14. The summed E-state index contributed by atoms with van der Waals surface area (Å²) in [6, 6.07) is 12.6. The Labute approximate surface area is 187 Å². The fourth-order valence-corrected chi connectivity index (χ4v) is 3.98. The van der Waals surface area contributed by atoms with Gasteiger partial charge in [-0.25, -0.2) is 9.37 Å². The van der Waals surface area contributed by atoms with E-state index in [0.29, 0.717) is 22.1 Å². The molecule has 0 saturated carbocycles. The Morgan fingerprint density at radius 3 is 2.75 bits per heavy atom. The van der Waals surface area contributed by atoms with Crippen LogP contribution in [0.15, 0.2) is 58.7 Å². The van der Waals surface area contributed by atoms with Gasteiger partial charge in [-0.05, 0) is 43.7 Å². The van der Waals surface area contributed by atoms with Gasteiger partial charge in [0.1, 0.15) is 12.4 Å². The predicted molar refractivity (Wildman–Crippen MR) is 120 cm³/mol. The highest BCUT2D eigenvalue weighted by atomic mass is 32.1. The molecule has 0 unspecified atom stereocenters. The van der Waals surface area contributed by atoms with Gasteiger partial charge in [-0.2, -0.15) is 0 Å². The lowest BCUT2D eigenvalue weighted by Crippen LogP contribution is -2.21. The fraction of sp³-hybridized carbons (Fsp3) is 0.174. The molecule has 0 aliphatic heterocycles. The molecule has 1 amide bonds. The molecular formula is C23H20FN3O4S. The van der Waals surface area contributed by atoms with E-state index < -0.39 is 11.7 Å². The Hall–Kier alpha value is -3.72. The number of fused-ring (bicyclic) bond motifs is 1. The Kier molecular flexibility index (Phi) is 6.18. The molecule has 0 aliphatic carbocycles. The zero-order valence-corrected chi connectivity index (χ0v) is 18.2. The first-order valence-corrected chi connectivity index (χ1v) is 10.7. The van der Waals surface area contributed by atoms with Gasteiger partial charge in [0.15, 0.2) is 23.1 Å². The van der Waals surface area contributed by atoms with Crippen LogP contribution in [0.4, 0.5) is 10.1 Å². The van der Waals surface area contributed by atoms with Crippen LogP contribution in [0.3, 0.4) is 0 Å². The van der Waals surface area contributed by atoms with E-state index in [1.165, 1.54) is 29.5 Å². The number of nitrogens with zero attached hydrogens (tertiary/aromatic N) is 2. The lowest BCUT2D eigenvalue weighted by Gasteiger charge is -2.14. The van der Waals surface area contributed by atoms with Crippen LogP contribution in [0.1, 0.15) is 17.0 Å². The van der Waals surface area contributed by atoms with Gasteiger partial charge in [0.25, 0.3) is 11.5 Å². The fourth-order valence-electron chi connectivity index (χ4n) is 3.09. The van der Waals surface area contributed by atoms with Crippen LogP contribution in [0.2, 0.25) is 0 Å². The smallest absolute Gasteiger partial charge is 0.262 e. The zero-order valence-electron chi connectivity index (χ0n) is 17.4. The largest absolute Gasteiger partial charge is 0.485 e. The van der Waals surface area contributed by atoms with E-state index in [-0.39, 0.29) is 24.5 Å². The summed E-state index contributed by atoms with van der Waals surface area (Å²) in [5.74, 6) is -0.587. The molecule has 0 spiro atoms. The van der Waals surface area contributed by atoms with Crippen molar-refractivity contribution >= 4 is 27.9 Å². The van der Waals surface area contributed by atoms with Gasteiger partial charge in [-0.1, -0.05) is 18.2 Å². The van der Waals surface area contributed by atoms with Gasteiger partial charge in [0.05, 0.1) is 11.4 Å². The van der Waals surface area contributed by atoms with Gasteiger partial charge in [0.2, 0.25) is 0 Å². The maximum Gasteiger partial charge on any atom is 0.262 e. The first-order chi connectivity index (χ1) is 15.4. The van der Waals surface area contributed by atoms with Crippen LogP contribution >= 0.6 is 11.3 Å². The highest BCUT2D eigenvalue weighted by Gasteiger charge is 2.12. The van der Waals surface area contributed by atoms with Crippen molar-refractivity contribution in [3.05, 3.63) is 87.0 Å². The lowest BCUT2D eigenvalue weighted by atomic mass is 10.2. The highest BCUT2D eigenvalue weighted by molar-refractivity contribution is 7.15. The maximum absolute atomic E-state index is 13.7. The maximum atomic E-state index is 13.7. The summed E-state index contributed by atoms with van der Waals surface area (Å²) >= 11 is 1.38. The number of thiazole rings is 1. The topological polar surface area (TPSA) is 81.9 Å². The number of benzene rings is 2. The number of carbonyl (C=O) groups is 1. The molecule has 0 radical (unpaired) electrons. The minimum atomic E-state index is -0.541. The van der Waals surface area contributed by atoms with Crippen molar-refractivity contribution in [3.8, 4) is 11.5 Å². The third kappa shape index (κ3) is 4.78. The Morgan fingerprint density at radius 1 is 1.12 bits per heavy atom. The third-order valence-corrected chi connectivity index (χ3v) is 5.55. The van der Waals surface area contributed by atoms with E-state index in [9.17, 15) is 14.0 Å². The van der Waals surface area contributed by atoms with Crippen molar-refractivity contribution in [1.29, 1.82) is 0 Å². The molecule has 2 heterocycles. The van der Waals surface area contributed by atoms with Crippen LogP contribution in [0.5, 0.6) is 11.5 Å². The van der Waals surface area contributed by atoms with E-state index in [1.807, 2.05) is 25.3 Å². The van der Waals surface area contributed by atoms with E-state index in [4.69, 9.17) is 9.47 Å². The number of anilines is 1. The number of amides is 1. The number of aryl methyl sites for hydroxylation is 2. The predicted octanol–water partition coefficient (Wildman–Crippen LogP) is 4.11. The first kappa shape index (κ1) is 21.5. The molecule has 32 heavy (non-hydrogen) atoms. The molecule has 2 aromatic carbocycles. The monoisotopic (exact) mass is 453 g/mol. The molecule has 2 aromatic heterocycles. The van der Waals surface area contributed by atoms with Gasteiger partial charge >= 0.3 is 0 Å². The van der Waals surface area contributed by atoms with Gasteiger partial charge in [-0.3, -0.25) is 14.0 Å². The standard InChI is InChI=1S/C23H20FN3O4S/c1-14-7-8-20(30-11-16-10-22(29)27-15(2)13-32-23(27)25-16)18(9-14)26-21(28)12-31-19-6-4-3-5-17(19)24/h3-10,13H,11-12H2,1-2H3,(H,26,28). The van der Waals surface area contributed by atoms with Crippen molar-refractivity contribution in [3.63, 3.8) is 0 Å². The summed E-state index contributed by atoms with van der Waals surface area (Å²) in [7, 11) is 0. The number of hydrogen-bond donors (Lipinski definition) is 1. The SMILES string of the molecule is Cc1ccc(OCc2cc(=O)n3c(C)csc3n2)c(NC(=O)COc2ccccc2F)c1. The summed E-state index contributed by atoms with van der Waals surface area (Å²) in [5.41, 5.74) is 2.50. The Balaban J connectivity index is 1.45. The molecule has 4 aromatic rings. The quantitative estimate of drug-likeness (QED) is 0.456. The highest BCUT2D eigenvalue weighted by Crippen LogP contribution is 2.27. The van der Waals surface area contributed by atoms with Gasteiger partial charge in [0, 0.05) is 17.1 Å². The number of para-hydroxylation sites is 1. The van der Waals surface area contributed by atoms with Crippen molar-refractivity contribution < 1.29 is 18.7 Å². The first-order valence-electron chi connectivity index (χ1n) is 9.78. The minimum absolute atomic E-state index is 0.0000620. The summed E-state index contributed by atoms with van der Waals surface area (Å²) < 4.78 is 26.3. The number of carbonyl (C=O) groups excluding carboxylic acids is 1. The van der Waals surface area contributed by atoms with E-state index in [2.05, 4.69) is 10.3 Å². The van der Waals surface area contributed by atoms with Crippen molar-refractivity contribution in [2.45, 2.75) is 20.5 Å². The summed E-state index contributed by atoms with van der Waals surface area (Å²) in [5, 5.41) is 4.59. The number of halogens is 1. The van der Waals surface area contributed by atoms with Crippen molar-refractivity contribution in [2.75, 3.05) is 11.9 Å². The van der Waals surface area contributed by atoms with Crippen LogP contribution in [0.25, 0.3) is 4.96 Å². The Bertz CT molecular complexity index is 1350. The van der Waals surface area contributed by atoms with Crippen LogP contribution in [-0.2, 0) is 11.4 Å². The van der Waals surface area contributed by atoms with Crippen molar-refractivity contribution in [1.82, 2.24) is 9.38 Å². The van der Waals surface area contributed by atoms with Crippen LogP contribution in [0, 0.1) is 19.7 Å². The van der Waals surface area contributed by atoms with E-state index in [0.717, 1.165) is 11.3 Å². The minimum Gasteiger partial charge on any atom is -0.485 e. The second-order valence-corrected chi connectivity index (χ2v) is 7.97. The molecule has 164 valence electrons. The van der Waals surface area contributed by atoms with E-state index >= 15 is 0 Å². The molecule has 4 rings (SSSR count). The zero-order chi connectivity index (χ0) is 22.7. The van der Waals surface area contributed by atoms with Crippen LogP contribution in [-0.4, -0.2) is 21.9 Å². The third-order valence-electron chi connectivity index (χ3n) is 4.61. The van der Waals surface area contributed by atoms with Crippen LogP contribution < -0.4 is 20.3 Å². The number of ether oxygens (including phenoxy) is 2. The molecule has 0 atom stereocenters. The lowest BCUT2D eigenvalue weighted by molar-refractivity contribution is -0.118. The normalized spacial score (nSPS) is 10.8. The Morgan fingerprint density at radius 2 is 1.94 bits per heavy atom. The number of hydrogen-bond acceptors (Lipinski definition) is 6. The summed E-state index contributed by atoms with van der Waals surface area (Å²) in [6.07, 6.45) is 0. The van der Waals surface area contributed by atoms with E-state index in [1.54, 1.807) is 28.7 Å². The second-order valence-electron chi connectivity index (χ2n) is 7.14. The molecule has 1 N–H and O–H groups in total. The molecule has 0 fully saturated rings.